The van der Waals surface area contributed by atoms with Crippen LogP contribution in [0.5, 0.6) is 0 Å². The van der Waals surface area contributed by atoms with E-state index in [-0.39, 0.29) is 5.41 Å². The number of aryl methyl sites for hydroxylation is 3. The molecule has 13 aromatic carbocycles. The Hall–Kier alpha value is -9.76. The first-order valence-corrected chi connectivity index (χ1v) is 35.7. The van der Waals surface area contributed by atoms with Crippen molar-refractivity contribution < 1.29 is 0 Å². The molecule has 1 aliphatic carbocycles. The molecule has 0 unspecified atom stereocenters. The van der Waals surface area contributed by atoms with Crippen LogP contribution in [0, 0.1) is 13.8 Å². The zero-order valence-electron chi connectivity index (χ0n) is 56.3. The van der Waals surface area contributed by atoms with Crippen LogP contribution in [0.4, 0.5) is 17.1 Å². The number of hydrogen-bond acceptors (Lipinski definition) is 1. The summed E-state index contributed by atoms with van der Waals surface area (Å²) >= 11 is 0. The summed E-state index contributed by atoms with van der Waals surface area (Å²) in [5, 5.41) is 10.3. The Morgan fingerprint density at radius 3 is 1.48 bits per heavy atom. The molecule has 95 heavy (non-hydrogen) atoms. The lowest BCUT2D eigenvalue weighted by molar-refractivity contribution is 0.401. The maximum atomic E-state index is 2.67. The topological polar surface area (TPSA) is 8.17 Å². The third-order valence-corrected chi connectivity index (χ3v) is 21.3. The standard InChI is InChI=1S/C93H88N2/c1-6-9-12-15-26-66-38-49-76(50-39-66)95-89-34-23-22-29-80(89)86-61-71(46-56-90(86)95)85-60-70(40-37-65(85)5)68-43-51-75(52-44-68)94(74-47-35-64(4)36-48-74)77-53-55-79-78-54-45-73(62-87(78)93(88(79)63-77,57-24-13-10-7-2)58-25-14-11-8-3)92-83-32-20-18-30-81(83)91(82-31-19-21-33-84(82)92)72-42-41-67-27-16-17-28-69(67)59-72/h16-23,27-56,59-63H,6-15,24-26,57-58H2,1-5H3. The van der Waals surface area contributed by atoms with Crippen LogP contribution in [0.3, 0.4) is 0 Å². The largest absolute Gasteiger partial charge is 0.310 e. The second-order valence-corrected chi connectivity index (χ2v) is 27.4. The van der Waals surface area contributed by atoms with Crippen molar-refractivity contribution in [3.63, 3.8) is 0 Å². The molecule has 2 nitrogen and oxygen atoms in total. The maximum Gasteiger partial charge on any atom is 0.0541 e. The monoisotopic (exact) mass is 1230 g/mol. The predicted molar refractivity (Wildman–Crippen MR) is 411 cm³/mol. The van der Waals surface area contributed by atoms with E-state index in [4.69, 9.17) is 0 Å². The molecule has 470 valence electrons. The Morgan fingerprint density at radius 2 is 0.832 bits per heavy atom. The first-order chi connectivity index (χ1) is 46.8. The van der Waals surface area contributed by atoms with Crippen molar-refractivity contribution in [1.82, 2.24) is 4.57 Å². The molecule has 15 rings (SSSR count). The molecule has 1 aliphatic rings. The van der Waals surface area contributed by atoms with Gasteiger partial charge in [0.25, 0.3) is 0 Å². The molecule has 0 bridgehead atoms. The normalized spacial score (nSPS) is 12.6. The smallest absolute Gasteiger partial charge is 0.0541 e. The van der Waals surface area contributed by atoms with Crippen LogP contribution >= 0.6 is 0 Å². The van der Waals surface area contributed by atoms with Crippen LogP contribution in [-0.4, -0.2) is 4.57 Å². The number of anilines is 3. The highest BCUT2D eigenvalue weighted by atomic mass is 15.1. The van der Waals surface area contributed by atoms with Gasteiger partial charge in [-0.05, 0) is 235 Å². The zero-order chi connectivity index (χ0) is 64.4. The fourth-order valence-corrected chi connectivity index (χ4v) is 16.3. The Balaban J connectivity index is 0.807. The molecule has 0 saturated carbocycles. The van der Waals surface area contributed by atoms with Gasteiger partial charge in [-0.25, -0.2) is 0 Å². The number of rotatable bonds is 23. The average molecular weight is 1230 g/mol. The molecule has 0 N–H and O–H groups in total. The van der Waals surface area contributed by atoms with Gasteiger partial charge in [0.15, 0.2) is 0 Å². The van der Waals surface area contributed by atoms with E-state index in [0.717, 1.165) is 30.6 Å². The number of hydrogen-bond donors (Lipinski definition) is 0. The Morgan fingerprint density at radius 1 is 0.326 bits per heavy atom. The summed E-state index contributed by atoms with van der Waals surface area (Å²) in [5.41, 5.74) is 26.8. The highest BCUT2D eigenvalue weighted by Gasteiger charge is 2.43. The number of nitrogens with zero attached hydrogens (tertiary/aromatic N) is 2. The van der Waals surface area contributed by atoms with Gasteiger partial charge in [-0.15, -0.1) is 0 Å². The Labute approximate surface area is 563 Å². The Kier molecular flexibility index (Phi) is 17.4. The molecule has 14 aromatic rings. The summed E-state index contributed by atoms with van der Waals surface area (Å²) < 4.78 is 2.45. The minimum atomic E-state index is -0.165. The fourth-order valence-electron chi connectivity index (χ4n) is 16.3. The van der Waals surface area contributed by atoms with Crippen LogP contribution in [0.1, 0.15) is 138 Å². The van der Waals surface area contributed by atoms with Crippen LogP contribution in [-0.2, 0) is 11.8 Å². The zero-order valence-corrected chi connectivity index (χ0v) is 56.3. The fraction of sp³-hybridized carbons (Fsp3) is 0.226. The molecule has 0 spiro atoms. The van der Waals surface area contributed by atoms with Gasteiger partial charge in [-0.1, -0.05) is 273 Å². The van der Waals surface area contributed by atoms with Crippen molar-refractivity contribution in [1.29, 1.82) is 0 Å². The summed E-state index contributed by atoms with van der Waals surface area (Å²) in [7, 11) is 0. The van der Waals surface area contributed by atoms with Gasteiger partial charge >= 0.3 is 0 Å². The molecule has 0 amide bonds. The van der Waals surface area contributed by atoms with E-state index in [9.17, 15) is 0 Å². The first kappa shape index (κ1) is 61.4. The third-order valence-electron chi connectivity index (χ3n) is 21.3. The number of unbranched alkanes of at least 4 members (excludes halogenated alkanes) is 9. The molecule has 1 aromatic heterocycles. The number of fused-ring (bicyclic) bond motifs is 9. The van der Waals surface area contributed by atoms with Crippen LogP contribution in [0.15, 0.2) is 261 Å². The lowest BCUT2D eigenvalue weighted by Crippen LogP contribution is -2.26. The molecule has 2 heteroatoms. The first-order valence-electron chi connectivity index (χ1n) is 35.7. The van der Waals surface area contributed by atoms with E-state index in [1.807, 2.05) is 0 Å². The van der Waals surface area contributed by atoms with Crippen molar-refractivity contribution in [3.8, 4) is 61.3 Å². The molecule has 0 saturated heterocycles. The highest BCUT2D eigenvalue weighted by Crippen LogP contribution is 2.57. The van der Waals surface area contributed by atoms with Crippen LogP contribution in [0.2, 0.25) is 0 Å². The minimum Gasteiger partial charge on any atom is -0.310 e. The van der Waals surface area contributed by atoms with Crippen molar-refractivity contribution in [3.05, 3.63) is 289 Å². The Bertz CT molecular complexity index is 5030. The summed E-state index contributed by atoms with van der Waals surface area (Å²) in [5.74, 6) is 0. The van der Waals surface area contributed by atoms with Gasteiger partial charge in [0.2, 0.25) is 0 Å². The SMILES string of the molecule is CCCCCCc1ccc(-n2c3ccccc3c3cc(-c4cc(-c5ccc(N(c6ccc(C)cc6)c6ccc7c(c6)C(CCCCCC)(CCCCCC)c6cc(-c8c9ccccc9c(-c9ccc%10ccccc%10c9)c9ccccc89)ccc6-7)cc5)ccc4C)ccc32)cc1. The maximum absolute atomic E-state index is 2.67. The molecule has 0 atom stereocenters. The van der Waals surface area contributed by atoms with Gasteiger partial charge in [0, 0.05) is 38.9 Å². The summed E-state index contributed by atoms with van der Waals surface area (Å²) in [6.45, 7) is 11.4. The van der Waals surface area contributed by atoms with Gasteiger partial charge in [0.1, 0.15) is 0 Å². The average Bonchev–Trinajstić information content (AvgIpc) is 1.64. The molecule has 0 radical (unpaired) electrons. The summed E-state index contributed by atoms with van der Waals surface area (Å²) in [4.78, 5) is 2.52. The third kappa shape index (κ3) is 11.6. The van der Waals surface area contributed by atoms with Crippen LogP contribution < -0.4 is 4.90 Å². The van der Waals surface area contributed by atoms with E-state index in [1.165, 1.54) is 226 Å². The quantitative estimate of drug-likeness (QED) is 0.0458. The molecule has 0 aliphatic heterocycles. The summed E-state index contributed by atoms with van der Waals surface area (Å²) in [6.07, 6.45) is 18.3. The molecule has 0 fully saturated rings. The second-order valence-electron chi connectivity index (χ2n) is 27.4. The number of para-hydroxylation sites is 1. The van der Waals surface area contributed by atoms with E-state index in [0.29, 0.717) is 0 Å². The second kappa shape index (κ2) is 26.9. The molecular weight excluding hydrogens is 1150 g/mol. The van der Waals surface area contributed by atoms with E-state index in [1.54, 1.807) is 0 Å². The van der Waals surface area contributed by atoms with Crippen molar-refractivity contribution >= 4 is 71.2 Å². The van der Waals surface area contributed by atoms with Crippen LogP contribution in [0.25, 0.3) is 115 Å². The number of aromatic nitrogens is 1. The predicted octanol–water partition coefficient (Wildman–Crippen LogP) is 27.3. The van der Waals surface area contributed by atoms with Crippen molar-refractivity contribution in [2.45, 2.75) is 136 Å². The summed E-state index contributed by atoms with van der Waals surface area (Å²) in [6, 6.07) is 100. The lowest BCUT2D eigenvalue weighted by Gasteiger charge is -2.34. The minimum absolute atomic E-state index is 0.165. The lowest BCUT2D eigenvalue weighted by atomic mass is 9.70. The van der Waals surface area contributed by atoms with Crippen molar-refractivity contribution in [2.24, 2.45) is 0 Å². The van der Waals surface area contributed by atoms with Gasteiger partial charge in [-0.2, -0.15) is 0 Å². The van der Waals surface area contributed by atoms with Gasteiger partial charge < -0.3 is 9.47 Å². The van der Waals surface area contributed by atoms with Gasteiger partial charge in [0.05, 0.1) is 11.0 Å². The molecular formula is C93H88N2. The number of benzene rings is 13. The van der Waals surface area contributed by atoms with E-state index >= 15 is 0 Å². The van der Waals surface area contributed by atoms with E-state index in [2.05, 4.69) is 305 Å². The van der Waals surface area contributed by atoms with Crippen molar-refractivity contribution in [2.75, 3.05) is 4.90 Å². The molecule has 1 heterocycles. The highest BCUT2D eigenvalue weighted by molar-refractivity contribution is 6.22. The van der Waals surface area contributed by atoms with E-state index < -0.39 is 0 Å². The van der Waals surface area contributed by atoms with Gasteiger partial charge in [-0.3, -0.25) is 0 Å².